The molecule has 46 heavy (non-hydrogen) atoms. The average molecular weight is 608 g/mol. The Labute approximate surface area is 268 Å². The van der Waals surface area contributed by atoms with Crippen LogP contribution in [0.25, 0.3) is 75.2 Å². The predicted molar refractivity (Wildman–Crippen MR) is 194 cm³/mol. The minimum atomic E-state index is 0.871. The number of rotatable bonds is 4. The van der Waals surface area contributed by atoms with Crippen LogP contribution >= 0.6 is 11.3 Å². The van der Waals surface area contributed by atoms with Gasteiger partial charge in [0.15, 0.2) is 0 Å². The molecule has 0 radical (unpaired) electrons. The fraction of sp³-hybridized carbons (Fsp3) is 0. The molecule has 0 aliphatic carbocycles. The van der Waals surface area contributed by atoms with Crippen molar-refractivity contribution in [3.8, 4) is 11.1 Å². The van der Waals surface area contributed by atoms with Gasteiger partial charge in [-0.25, -0.2) is 0 Å². The molecular formula is C42H25NO2S. The van der Waals surface area contributed by atoms with Crippen LogP contribution in [0.4, 0.5) is 17.1 Å². The van der Waals surface area contributed by atoms with Crippen molar-refractivity contribution in [2.45, 2.75) is 0 Å². The van der Waals surface area contributed by atoms with Gasteiger partial charge in [0.05, 0.1) is 5.69 Å². The first kappa shape index (κ1) is 25.5. The summed E-state index contributed by atoms with van der Waals surface area (Å²) >= 11 is 1.85. The van der Waals surface area contributed by atoms with Gasteiger partial charge in [0.1, 0.15) is 22.3 Å². The van der Waals surface area contributed by atoms with Crippen LogP contribution in [-0.2, 0) is 0 Å². The van der Waals surface area contributed by atoms with Gasteiger partial charge < -0.3 is 13.7 Å². The van der Waals surface area contributed by atoms with Crippen LogP contribution in [0.15, 0.2) is 160 Å². The highest BCUT2D eigenvalue weighted by molar-refractivity contribution is 7.26. The maximum atomic E-state index is 6.44. The van der Waals surface area contributed by atoms with Gasteiger partial charge in [-0.3, -0.25) is 0 Å². The highest BCUT2D eigenvalue weighted by Gasteiger charge is 2.19. The second kappa shape index (κ2) is 9.83. The van der Waals surface area contributed by atoms with Crippen molar-refractivity contribution >= 4 is 92.4 Å². The molecule has 0 saturated heterocycles. The number of nitrogens with zero attached hydrogens (tertiary/aromatic N) is 1. The summed E-state index contributed by atoms with van der Waals surface area (Å²) in [5.41, 5.74) is 9.17. The average Bonchev–Trinajstić information content (AvgIpc) is 3.80. The van der Waals surface area contributed by atoms with Gasteiger partial charge in [0.25, 0.3) is 0 Å². The van der Waals surface area contributed by atoms with Crippen LogP contribution < -0.4 is 4.90 Å². The summed E-state index contributed by atoms with van der Waals surface area (Å²) in [5, 5.41) is 6.99. The Morgan fingerprint density at radius 2 is 1.02 bits per heavy atom. The number of hydrogen-bond donors (Lipinski definition) is 0. The molecule has 10 rings (SSSR count). The summed E-state index contributed by atoms with van der Waals surface area (Å²) in [6.07, 6.45) is 0. The summed E-state index contributed by atoms with van der Waals surface area (Å²) in [6.45, 7) is 0. The zero-order valence-corrected chi connectivity index (χ0v) is 25.4. The molecule has 0 unspecified atom stereocenters. The number of hydrogen-bond acceptors (Lipinski definition) is 4. The first-order chi connectivity index (χ1) is 22.8. The minimum absolute atomic E-state index is 0.871. The molecule has 0 amide bonds. The van der Waals surface area contributed by atoms with Crippen LogP contribution in [0.3, 0.4) is 0 Å². The van der Waals surface area contributed by atoms with E-state index in [1.165, 1.54) is 25.9 Å². The Morgan fingerprint density at radius 3 is 1.85 bits per heavy atom. The topological polar surface area (TPSA) is 29.5 Å². The molecule has 10 aromatic rings. The summed E-state index contributed by atoms with van der Waals surface area (Å²) in [5.74, 6) is 0. The van der Waals surface area contributed by atoms with Gasteiger partial charge >= 0.3 is 0 Å². The fourth-order valence-corrected chi connectivity index (χ4v) is 8.14. The molecule has 0 fully saturated rings. The van der Waals surface area contributed by atoms with Crippen molar-refractivity contribution in [3.05, 3.63) is 152 Å². The van der Waals surface area contributed by atoms with E-state index < -0.39 is 0 Å². The molecule has 0 atom stereocenters. The molecule has 3 heterocycles. The highest BCUT2D eigenvalue weighted by atomic mass is 32.1. The largest absolute Gasteiger partial charge is 0.456 e. The Kier molecular flexibility index (Phi) is 5.45. The van der Waals surface area contributed by atoms with E-state index in [0.29, 0.717) is 0 Å². The van der Waals surface area contributed by atoms with Gasteiger partial charge in [-0.1, -0.05) is 78.9 Å². The van der Waals surface area contributed by atoms with Crippen LogP contribution in [-0.4, -0.2) is 0 Å². The molecule has 0 aliphatic rings. The lowest BCUT2D eigenvalue weighted by molar-refractivity contribution is 0.663. The Morgan fingerprint density at radius 1 is 0.391 bits per heavy atom. The molecule has 0 N–H and O–H groups in total. The number of benzene rings is 7. The van der Waals surface area contributed by atoms with Crippen molar-refractivity contribution in [2.24, 2.45) is 0 Å². The van der Waals surface area contributed by atoms with Gasteiger partial charge in [-0.2, -0.15) is 0 Å². The van der Waals surface area contributed by atoms with E-state index in [9.17, 15) is 0 Å². The highest BCUT2D eigenvalue weighted by Crippen LogP contribution is 2.45. The number of para-hydroxylation sites is 2. The summed E-state index contributed by atoms with van der Waals surface area (Å²) in [4.78, 5) is 2.37. The van der Waals surface area contributed by atoms with Crippen molar-refractivity contribution in [2.75, 3.05) is 4.90 Å². The van der Waals surface area contributed by atoms with E-state index in [-0.39, 0.29) is 0 Å². The summed E-state index contributed by atoms with van der Waals surface area (Å²) in [7, 11) is 0. The van der Waals surface area contributed by atoms with Crippen molar-refractivity contribution < 1.29 is 8.83 Å². The molecule has 0 bridgehead atoms. The second-order valence-corrected chi connectivity index (χ2v) is 12.8. The van der Waals surface area contributed by atoms with Gasteiger partial charge in [0, 0.05) is 53.1 Å². The van der Waals surface area contributed by atoms with Crippen LogP contribution in [0.2, 0.25) is 0 Å². The van der Waals surface area contributed by atoms with Gasteiger partial charge in [-0.15, -0.1) is 11.3 Å². The number of anilines is 3. The van der Waals surface area contributed by atoms with Gasteiger partial charge in [0.2, 0.25) is 0 Å². The number of fused-ring (bicyclic) bond motifs is 10. The molecule has 4 heteroatoms. The normalized spacial score (nSPS) is 11.9. The molecular weight excluding hydrogens is 583 g/mol. The zero-order chi connectivity index (χ0) is 30.2. The van der Waals surface area contributed by atoms with Crippen LogP contribution in [0, 0.1) is 0 Å². The lowest BCUT2D eigenvalue weighted by atomic mass is 10.0. The van der Waals surface area contributed by atoms with Crippen LogP contribution in [0.5, 0.6) is 0 Å². The van der Waals surface area contributed by atoms with E-state index in [2.05, 4.69) is 132 Å². The van der Waals surface area contributed by atoms with Crippen molar-refractivity contribution in [1.82, 2.24) is 0 Å². The summed E-state index contributed by atoms with van der Waals surface area (Å²) in [6, 6.07) is 53.6. The number of thiophene rings is 1. The quantitative estimate of drug-likeness (QED) is 0.199. The monoisotopic (exact) mass is 607 g/mol. The molecule has 0 aliphatic heterocycles. The molecule has 0 saturated carbocycles. The zero-order valence-electron chi connectivity index (χ0n) is 24.6. The third-order valence-corrected chi connectivity index (χ3v) is 10.2. The van der Waals surface area contributed by atoms with E-state index >= 15 is 0 Å². The Bertz CT molecular complexity index is 2750. The van der Waals surface area contributed by atoms with Crippen molar-refractivity contribution in [3.63, 3.8) is 0 Å². The smallest absolute Gasteiger partial charge is 0.136 e. The lowest BCUT2D eigenvalue weighted by Gasteiger charge is -2.26. The van der Waals surface area contributed by atoms with Crippen LogP contribution in [0.1, 0.15) is 0 Å². The third kappa shape index (κ3) is 3.77. The maximum Gasteiger partial charge on any atom is 0.136 e. The van der Waals surface area contributed by atoms with E-state index in [1.807, 2.05) is 35.6 Å². The first-order valence-corrected chi connectivity index (χ1v) is 16.2. The first-order valence-electron chi connectivity index (χ1n) is 15.4. The maximum absolute atomic E-state index is 6.44. The Balaban J connectivity index is 1.10. The fourth-order valence-electron chi connectivity index (χ4n) is 7.01. The van der Waals surface area contributed by atoms with Crippen molar-refractivity contribution in [1.29, 1.82) is 0 Å². The predicted octanol–water partition coefficient (Wildman–Crippen LogP) is 13.0. The molecule has 216 valence electrons. The summed E-state index contributed by atoms with van der Waals surface area (Å²) < 4.78 is 15.2. The molecule has 7 aromatic carbocycles. The molecule has 3 aromatic heterocycles. The van der Waals surface area contributed by atoms with E-state index in [0.717, 1.165) is 66.4 Å². The molecule has 3 nitrogen and oxygen atoms in total. The third-order valence-electron chi connectivity index (χ3n) is 9.07. The van der Waals surface area contributed by atoms with E-state index in [4.69, 9.17) is 8.83 Å². The van der Waals surface area contributed by atoms with Gasteiger partial charge in [-0.05, 0) is 83.9 Å². The standard InChI is InChI=1S/C42H25NO2S/c1-2-9-28(10-3-1)43(33-13-8-16-39-40(33)32-12-5-7-15-38(32)46-39)29-20-17-26(18-21-29)27-19-22-31-37(25-27)45-36-24-23-35-41(42(31)36)30-11-4-6-14-34(30)44-35/h1-25H. The Hall–Kier alpha value is -5.84. The number of furan rings is 2. The second-order valence-electron chi connectivity index (χ2n) is 11.7. The minimum Gasteiger partial charge on any atom is -0.456 e. The molecule has 0 spiro atoms. The van der Waals surface area contributed by atoms with E-state index in [1.54, 1.807) is 0 Å². The lowest BCUT2D eigenvalue weighted by Crippen LogP contribution is -2.10. The SMILES string of the molecule is c1ccc(N(c2ccc(-c3ccc4c(c3)oc3ccc5oc6ccccc6c5c34)cc2)c2cccc3sc4ccccc4c23)cc1.